The first-order chi connectivity index (χ1) is 12.7. The van der Waals surface area contributed by atoms with E-state index < -0.39 is 0 Å². The van der Waals surface area contributed by atoms with Crippen molar-refractivity contribution >= 4 is 11.8 Å². The summed E-state index contributed by atoms with van der Waals surface area (Å²) in [5, 5.41) is 5.69. The lowest BCUT2D eigenvalue weighted by molar-refractivity contribution is 0.0853. The fraction of sp³-hybridized carbons (Fsp3) is 0.350. The van der Waals surface area contributed by atoms with Crippen molar-refractivity contribution < 1.29 is 14.3 Å². The summed E-state index contributed by atoms with van der Waals surface area (Å²) in [7, 11) is 0. The predicted octanol–water partition coefficient (Wildman–Crippen LogP) is 1.96. The summed E-state index contributed by atoms with van der Waals surface area (Å²) in [4.78, 5) is 28.6. The van der Waals surface area contributed by atoms with E-state index in [1.54, 1.807) is 6.07 Å². The second kappa shape index (κ2) is 9.10. The first kappa shape index (κ1) is 18.1. The molecule has 0 aliphatic carbocycles. The number of carbonyl (C=O) groups excluding carboxylic acids is 2. The van der Waals surface area contributed by atoms with Crippen LogP contribution in [0.25, 0.3) is 0 Å². The van der Waals surface area contributed by atoms with Crippen LogP contribution in [0.1, 0.15) is 39.3 Å². The maximum atomic E-state index is 12.3. The van der Waals surface area contributed by atoms with E-state index in [-0.39, 0.29) is 23.6 Å². The van der Waals surface area contributed by atoms with Crippen LogP contribution < -0.4 is 10.6 Å². The van der Waals surface area contributed by atoms with Crippen LogP contribution in [0.5, 0.6) is 0 Å². The molecule has 0 bridgehead atoms. The molecule has 2 heterocycles. The van der Waals surface area contributed by atoms with Gasteiger partial charge in [0.15, 0.2) is 0 Å². The number of nitrogens with one attached hydrogen (secondary N) is 2. The lowest BCUT2D eigenvalue weighted by Gasteiger charge is -2.11. The summed E-state index contributed by atoms with van der Waals surface area (Å²) in [6, 6.07) is 13.1. The van der Waals surface area contributed by atoms with E-state index in [0.29, 0.717) is 18.7 Å². The minimum atomic E-state index is -0.292. The normalized spacial score (nSPS) is 16.2. The second-order valence-electron chi connectivity index (χ2n) is 6.27. The number of rotatable bonds is 7. The van der Waals surface area contributed by atoms with Gasteiger partial charge in [-0.3, -0.25) is 14.6 Å². The highest BCUT2D eigenvalue weighted by Gasteiger charge is 2.17. The number of benzene rings is 1. The van der Waals surface area contributed by atoms with E-state index in [4.69, 9.17) is 4.74 Å². The third kappa shape index (κ3) is 5.13. The number of amides is 2. The zero-order chi connectivity index (χ0) is 18.2. The van der Waals surface area contributed by atoms with Gasteiger partial charge in [-0.05, 0) is 37.0 Å². The number of aromatic nitrogens is 1. The van der Waals surface area contributed by atoms with E-state index in [2.05, 4.69) is 15.6 Å². The molecule has 0 spiro atoms. The number of carbonyl (C=O) groups is 2. The van der Waals surface area contributed by atoms with Gasteiger partial charge in [-0.25, -0.2) is 0 Å². The molecular weight excluding hydrogens is 330 g/mol. The summed E-state index contributed by atoms with van der Waals surface area (Å²) in [6.45, 7) is 1.75. The molecule has 0 radical (unpaired) electrons. The molecule has 26 heavy (non-hydrogen) atoms. The Hall–Kier alpha value is -2.73. The SMILES string of the molecule is O=C(NCCc1ccccc1)c1ccnc(C(=O)NCC2CCCO2)c1. The van der Waals surface area contributed by atoms with E-state index in [1.165, 1.54) is 12.3 Å². The van der Waals surface area contributed by atoms with Gasteiger partial charge in [0.2, 0.25) is 0 Å². The second-order valence-corrected chi connectivity index (χ2v) is 6.27. The first-order valence-electron chi connectivity index (χ1n) is 8.90. The Labute approximate surface area is 153 Å². The summed E-state index contributed by atoms with van der Waals surface area (Å²) < 4.78 is 5.48. The zero-order valence-electron chi connectivity index (χ0n) is 14.6. The molecule has 1 saturated heterocycles. The Morgan fingerprint density at radius 1 is 1.12 bits per heavy atom. The van der Waals surface area contributed by atoms with E-state index >= 15 is 0 Å². The number of nitrogens with zero attached hydrogens (tertiary/aromatic N) is 1. The van der Waals surface area contributed by atoms with Crippen molar-refractivity contribution in [3.8, 4) is 0 Å². The molecule has 1 aromatic carbocycles. The van der Waals surface area contributed by atoms with Crippen LogP contribution in [0.3, 0.4) is 0 Å². The van der Waals surface area contributed by atoms with Crippen molar-refractivity contribution in [3.05, 3.63) is 65.5 Å². The number of ether oxygens (including phenoxy) is 1. The van der Waals surface area contributed by atoms with Crippen LogP contribution in [0, 0.1) is 0 Å². The third-order valence-corrected chi connectivity index (χ3v) is 4.31. The first-order valence-corrected chi connectivity index (χ1v) is 8.90. The Bertz CT molecular complexity index is 743. The molecule has 1 aromatic heterocycles. The molecule has 2 amide bonds. The van der Waals surface area contributed by atoms with E-state index in [1.807, 2.05) is 30.3 Å². The Morgan fingerprint density at radius 3 is 2.73 bits per heavy atom. The molecule has 136 valence electrons. The van der Waals surface area contributed by atoms with Crippen molar-refractivity contribution in [1.82, 2.24) is 15.6 Å². The summed E-state index contributed by atoms with van der Waals surface area (Å²) >= 11 is 0. The van der Waals surface area contributed by atoms with Crippen LogP contribution in [-0.2, 0) is 11.2 Å². The van der Waals surface area contributed by atoms with Crippen molar-refractivity contribution in [2.75, 3.05) is 19.7 Å². The minimum absolute atomic E-state index is 0.0726. The van der Waals surface area contributed by atoms with Gasteiger partial charge in [-0.15, -0.1) is 0 Å². The standard InChI is InChI=1S/C20H23N3O3/c24-19(22-10-8-15-5-2-1-3-6-15)16-9-11-21-18(13-16)20(25)23-14-17-7-4-12-26-17/h1-3,5-6,9,11,13,17H,4,7-8,10,12,14H2,(H,22,24)(H,23,25). The van der Waals surface area contributed by atoms with Crippen LogP contribution in [-0.4, -0.2) is 42.6 Å². The molecule has 3 rings (SSSR count). The van der Waals surface area contributed by atoms with Gasteiger partial charge in [0.1, 0.15) is 5.69 Å². The lowest BCUT2D eigenvalue weighted by atomic mass is 10.1. The van der Waals surface area contributed by atoms with Crippen molar-refractivity contribution in [2.24, 2.45) is 0 Å². The summed E-state index contributed by atoms with van der Waals surface area (Å²) in [5.74, 6) is -0.504. The molecule has 2 N–H and O–H groups in total. The summed E-state index contributed by atoms with van der Waals surface area (Å²) in [6.07, 6.45) is 4.29. The molecule has 1 unspecified atom stereocenters. The molecule has 2 aromatic rings. The molecule has 0 saturated carbocycles. The fourth-order valence-corrected chi connectivity index (χ4v) is 2.87. The number of hydrogen-bond donors (Lipinski definition) is 2. The van der Waals surface area contributed by atoms with Gasteiger partial charge < -0.3 is 15.4 Å². The zero-order valence-corrected chi connectivity index (χ0v) is 14.6. The fourth-order valence-electron chi connectivity index (χ4n) is 2.87. The van der Waals surface area contributed by atoms with E-state index in [0.717, 1.165) is 31.4 Å². The largest absolute Gasteiger partial charge is 0.376 e. The molecule has 1 fully saturated rings. The summed E-state index contributed by atoms with van der Waals surface area (Å²) in [5.41, 5.74) is 1.82. The predicted molar refractivity (Wildman–Crippen MR) is 98.0 cm³/mol. The maximum Gasteiger partial charge on any atom is 0.269 e. The highest BCUT2D eigenvalue weighted by atomic mass is 16.5. The average Bonchev–Trinajstić information content (AvgIpc) is 3.20. The lowest BCUT2D eigenvalue weighted by Crippen LogP contribution is -2.32. The van der Waals surface area contributed by atoms with E-state index in [9.17, 15) is 9.59 Å². The van der Waals surface area contributed by atoms with Gasteiger partial charge in [0.05, 0.1) is 6.10 Å². The van der Waals surface area contributed by atoms with Gasteiger partial charge in [0, 0.05) is 31.5 Å². The van der Waals surface area contributed by atoms with Gasteiger partial charge in [-0.1, -0.05) is 30.3 Å². The van der Waals surface area contributed by atoms with Crippen LogP contribution >= 0.6 is 0 Å². The monoisotopic (exact) mass is 353 g/mol. The Morgan fingerprint density at radius 2 is 1.96 bits per heavy atom. The highest BCUT2D eigenvalue weighted by Crippen LogP contribution is 2.11. The Kier molecular flexibility index (Phi) is 6.33. The average molecular weight is 353 g/mol. The number of pyridine rings is 1. The molecule has 6 nitrogen and oxygen atoms in total. The maximum absolute atomic E-state index is 12.3. The molecule has 1 atom stereocenters. The molecule has 1 aliphatic rings. The van der Waals surface area contributed by atoms with Crippen LogP contribution in [0.2, 0.25) is 0 Å². The van der Waals surface area contributed by atoms with Crippen molar-refractivity contribution in [2.45, 2.75) is 25.4 Å². The smallest absolute Gasteiger partial charge is 0.269 e. The van der Waals surface area contributed by atoms with Crippen LogP contribution in [0.15, 0.2) is 48.7 Å². The van der Waals surface area contributed by atoms with Gasteiger partial charge in [-0.2, -0.15) is 0 Å². The van der Waals surface area contributed by atoms with Crippen LogP contribution in [0.4, 0.5) is 0 Å². The Balaban J connectivity index is 1.50. The van der Waals surface area contributed by atoms with Gasteiger partial charge in [0.25, 0.3) is 11.8 Å². The third-order valence-electron chi connectivity index (χ3n) is 4.31. The molecular formula is C20H23N3O3. The van der Waals surface area contributed by atoms with Crippen molar-refractivity contribution in [3.63, 3.8) is 0 Å². The minimum Gasteiger partial charge on any atom is -0.376 e. The quantitative estimate of drug-likeness (QED) is 0.797. The highest BCUT2D eigenvalue weighted by molar-refractivity contribution is 5.98. The topological polar surface area (TPSA) is 80.3 Å². The van der Waals surface area contributed by atoms with Gasteiger partial charge >= 0.3 is 0 Å². The number of hydrogen-bond acceptors (Lipinski definition) is 4. The molecule has 6 heteroatoms. The van der Waals surface area contributed by atoms with Crippen molar-refractivity contribution in [1.29, 1.82) is 0 Å². The molecule has 1 aliphatic heterocycles.